The lowest BCUT2D eigenvalue weighted by molar-refractivity contribution is -0.153. The van der Waals surface area contributed by atoms with Crippen molar-refractivity contribution in [3.63, 3.8) is 0 Å². The van der Waals surface area contributed by atoms with Gasteiger partial charge in [0.15, 0.2) is 6.61 Å². The summed E-state index contributed by atoms with van der Waals surface area (Å²) in [7, 11) is 0. The van der Waals surface area contributed by atoms with Crippen LogP contribution in [0.5, 0.6) is 5.75 Å². The van der Waals surface area contributed by atoms with E-state index in [9.17, 15) is 18.0 Å². The zero-order valence-electron chi connectivity index (χ0n) is 19.4. The van der Waals surface area contributed by atoms with Gasteiger partial charge in [0, 0.05) is 49.5 Å². The van der Waals surface area contributed by atoms with Crippen molar-refractivity contribution in [3.05, 3.63) is 24.0 Å². The Morgan fingerprint density at radius 3 is 2.71 bits per heavy atom. The first kappa shape index (κ1) is 23.9. The lowest BCUT2D eigenvalue weighted by Gasteiger charge is -2.36. The highest BCUT2D eigenvalue weighted by Gasteiger charge is 2.51. The van der Waals surface area contributed by atoms with Gasteiger partial charge in [-0.2, -0.15) is 18.3 Å². The molecular weight excluding hydrogens is 465 g/mol. The van der Waals surface area contributed by atoms with E-state index in [1.165, 1.54) is 18.5 Å². The molecule has 3 fully saturated rings. The number of nitrogens with one attached hydrogen (secondary N) is 2. The van der Waals surface area contributed by atoms with E-state index in [1.54, 1.807) is 0 Å². The third kappa shape index (κ3) is 5.53. The van der Waals surface area contributed by atoms with E-state index in [2.05, 4.69) is 25.4 Å². The fraction of sp³-hybridized carbons (Fsp3) is 0.609. The molecule has 1 saturated carbocycles. The molecule has 2 aromatic rings. The lowest BCUT2D eigenvalue weighted by Crippen LogP contribution is -2.47. The lowest BCUT2D eigenvalue weighted by atomic mass is 10.0. The topological polar surface area (TPSA) is 95.6 Å². The maximum absolute atomic E-state index is 13.0. The molecule has 2 aromatic heterocycles. The zero-order chi connectivity index (χ0) is 24.5. The van der Waals surface area contributed by atoms with Crippen LogP contribution in [0.3, 0.4) is 0 Å². The minimum atomic E-state index is -4.47. The van der Waals surface area contributed by atoms with Gasteiger partial charge in [0.05, 0.1) is 30.8 Å². The first-order valence-corrected chi connectivity index (χ1v) is 11.9. The quantitative estimate of drug-likeness (QED) is 0.635. The molecule has 190 valence electrons. The number of aromatic nitrogens is 3. The van der Waals surface area contributed by atoms with E-state index in [1.807, 2.05) is 4.90 Å². The number of anilines is 1. The number of pyridine rings is 1. The van der Waals surface area contributed by atoms with Crippen molar-refractivity contribution in [2.24, 2.45) is 0 Å². The van der Waals surface area contributed by atoms with Crippen molar-refractivity contribution in [2.45, 2.75) is 50.4 Å². The smallest absolute Gasteiger partial charge is 0.422 e. The van der Waals surface area contributed by atoms with E-state index in [-0.39, 0.29) is 17.3 Å². The van der Waals surface area contributed by atoms with Gasteiger partial charge < -0.3 is 19.7 Å². The highest BCUT2D eigenvalue weighted by Crippen LogP contribution is 2.48. The molecule has 1 aliphatic carbocycles. The summed E-state index contributed by atoms with van der Waals surface area (Å²) in [5.74, 6) is 0.0960. The number of piperidine rings is 1. The third-order valence-electron chi connectivity index (χ3n) is 6.89. The summed E-state index contributed by atoms with van der Waals surface area (Å²) >= 11 is 0. The van der Waals surface area contributed by atoms with Crippen molar-refractivity contribution in [2.75, 3.05) is 44.8 Å². The predicted octanol–water partition coefficient (Wildman–Crippen LogP) is 3.80. The van der Waals surface area contributed by atoms with Crippen LogP contribution >= 0.6 is 0 Å². The summed E-state index contributed by atoms with van der Waals surface area (Å²) in [5, 5.41) is 9.78. The Kier molecular flexibility index (Phi) is 6.58. The number of hydrogen-bond acceptors (Lipinski definition) is 6. The minimum Gasteiger partial charge on any atom is -0.484 e. The van der Waals surface area contributed by atoms with Crippen molar-refractivity contribution < 1.29 is 27.4 Å². The van der Waals surface area contributed by atoms with Gasteiger partial charge in [-0.25, -0.2) is 4.79 Å². The fourth-order valence-corrected chi connectivity index (χ4v) is 4.85. The first-order valence-electron chi connectivity index (χ1n) is 11.9. The number of rotatable bonds is 6. The zero-order valence-corrected chi connectivity index (χ0v) is 19.4. The van der Waals surface area contributed by atoms with Crippen molar-refractivity contribution in [3.8, 4) is 17.1 Å². The van der Waals surface area contributed by atoms with E-state index in [0.717, 1.165) is 32.1 Å². The molecular formula is C23H29F3N6O3. The number of urea groups is 1. The van der Waals surface area contributed by atoms with E-state index >= 15 is 0 Å². The summed E-state index contributed by atoms with van der Waals surface area (Å²) in [5.41, 5.74) is 1.69. The standard InChI is InChI=1S/C23H29F3N6O3/c24-23(25,26)15-35-19-11-17(27-12-16(19)14-31-7-9-34-10-8-31)20-18(13-28-30-20)29-21(33)32-6-2-1-3-22(32)4-5-22/h11-13H,1-10,14-15H2,(H,28,30)(H,29,33). The van der Waals surface area contributed by atoms with Gasteiger partial charge in [0.25, 0.3) is 0 Å². The summed E-state index contributed by atoms with van der Waals surface area (Å²) in [6.07, 6.45) is 3.69. The molecule has 2 amide bonds. The Labute approximate surface area is 201 Å². The number of carbonyl (C=O) groups excluding carboxylic acids is 1. The maximum Gasteiger partial charge on any atom is 0.422 e. The molecule has 5 rings (SSSR count). The summed E-state index contributed by atoms with van der Waals surface area (Å²) in [6, 6.07) is 1.27. The van der Waals surface area contributed by atoms with Crippen molar-refractivity contribution >= 4 is 11.7 Å². The molecule has 3 aliphatic rings. The second-order valence-electron chi connectivity index (χ2n) is 9.39. The van der Waals surface area contributed by atoms with E-state index in [0.29, 0.717) is 62.0 Å². The predicted molar refractivity (Wildman–Crippen MR) is 121 cm³/mol. The highest BCUT2D eigenvalue weighted by molar-refractivity contribution is 5.93. The number of hydrogen-bond donors (Lipinski definition) is 2. The number of carbonyl (C=O) groups is 1. The molecule has 0 atom stereocenters. The van der Waals surface area contributed by atoms with Crippen LogP contribution in [-0.2, 0) is 11.3 Å². The molecule has 0 bridgehead atoms. The van der Waals surface area contributed by atoms with Crippen LogP contribution in [0.2, 0.25) is 0 Å². The molecule has 0 aromatic carbocycles. The van der Waals surface area contributed by atoms with Crippen LogP contribution in [0.25, 0.3) is 11.4 Å². The van der Waals surface area contributed by atoms with Crippen molar-refractivity contribution in [1.29, 1.82) is 0 Å². The number of halogens is 3. The van der Waals surface area contributed by atoms with E-state index in [4.69, 9.17) is 9.47 Å². The second-order valence-corrected chi connectivity index (χ2v) is 9.39. The molecule has 12 heteroatoms. The minimum absolute atomic E-state index is 0.0236. The van der Waals surface area contributed by atoms with Gasteiger partial charge in [-0.05, 0) is 32.1 Å². The summed E-state index contributed by atoms with van der Waals surface area (Å²) < 4.78 is 49.3. The number of aromatic amines is 1. The molecule has 1 spiro atoms. The SMILES string of the molecule is O=C(Nc1cn[nH]c1-c1cc(OCC(F)(F)F)c(CN2CCOCC2)cn1)N1CCCCC12CC2. The van der Waals surface area contributed by atoms with E-state index < -0.39 is 12.8 Å². The summed E-state index contributed by atoms with van der Waals surface area (Å²) in [6.45, 7) is 2.19. The average Bonchev–Trinajstić information content (AvgIpc) is 3.44. The first-order chi connectivity index (χ1) is 16.8. The fourth-order valence-electron chi connectivity index (χ4n) is 4.85. The molecule has 4 heterocycles. The second kappa shape index (κ2) is 9.65. The van der Waals surface area contributed by atoms with Crippen LogP contribution in [0, 0.1) is 0 Å². The number of amides is 2. The largest absolute Gasteiger partial charge is 0.484 e. The molecule has 2 N–H and O–H groups in total. The van der Waals surface area contributed by atoms with Crippen LogP contribution in [0.15, 0.2) is 18.5 Å². The molecule has 2 aliphatic heterocycles. The Morgan fingerprint density at radius 2 is 1.97 bits per heavy atom. The molecule has 0 unspecified atom stereocenters. The number of likely N-dealkylation sites (tertiary alicyclic amines) is 1. The monoisotopic (exact) mass is 494 g/mol. The number of nitrogens with zero attached hydrogens (tertiary/aromatic N) is 4. The van der Waals surface area contributed by atoms with Crippen LogP contribution < -0.4 is 10.1 Å². The van der Waals surface area contributed by atoms with Gasteiger partial charge in [-0.3, -0.25) is 15.0 Å². The van der Waals surface area contributed by atoms with Crippen molar-refractivity contribution in [1.82, 2.24) is 25.0 Å². The summed E-state index contributed by atoms with van der Waals surface area (Å²) in [4.78, 5) is 21.5. The van der Waals surface area contributed by atoms with Gasteiger partial charge in [-0.15, -0.1) is 0 Å². The molecule has 0 radical (unpaired) electrons. The average molecular weight is 495 g/mol. The normalized spacial score (nSPS) is 20.1. The number of alkyl halides is 3. The van der Waals surface area contributed by atoms with Gasteiger partial charge >= 0.3 is 12.2 Å². The number of ether oxygens (including phenoxy) is 2. The Hall–Kier alpha value is -2.86. The van der Waals surface area contributed by atoms with Gasteiger partial charge in [0.1, 0.15) is 11.4 Å². The van der Waals surface area contributed by atoms with Crippen LogP contribution in [0.1, 0.15) is 37.7 Å². The Balaban J connectivity index is 1.36. The Bertz CT molecular complexity index is 1050. The van der Waals surface area contributed by atoms with Crippen LogP contribution in [0.4, 0.5) is 23.7 Å². The highest BCUT2D eigenvalue weighted by atomic mass is 19.4. The van der Waals surface area contributed by atoms with Gasteiger partial charge in [-0.1, -0.05) is 0 Å². The van der Waals surface area contributed by atoms with Crippen LogP contribution in [-0.4, -0.2) is 82.2 Å². The third-order valence-corrected chi connectivity index (χ3v) is 6.89. The number of H-pyrrole nitrogens is 1. The molecule has 35 heavy (non-hydrogen) atoms. The number of morpholine rings is 1. The molecule has 9 nitrogen and oxygen atoms in total. The van der Waals surface area contributed by atoms with Gasteiger partial charge in [0.2, 0.25) is 0 Å². The molecule has 2 saturated heterocycles. The maximum atomic E-state index is 13.0. The Morgan fingerprint density at radius 1 is 1.17 bits per heavy atom.